The van der Waals surface area contributed by atoms with Gasteiger partial charge >= 0.3 is 11.9 Å². The predicted octanol–water partition coefficient (Wildman–Crippen LogP) is 4.84. The van der Waals surface area contributed by atoms with E-state index in [1.807, 2.05) is 0 Å². The zero-order valence-electron chi connectivity index (χ0n) is 18.5. The summed E-state index contributed by atoms with van der Waals surface area (Å²) < 4.78 is 0. The van der Waals surface area contributed by atoms with Crippen molar-refractivity contribution in [3.63, 3.8) is 0 Å². The van der Waals surface area contributed by atoms with Gasteiger partial charge in [0.25, 0.3) is 0 Å². The van der Waals surface area contributed by atoms with Crippen molar-refractivity contribution in [2.24, 2.45) is 10.8 Å². The van der Waals surface area contributed by atoms with Crippen LogP contribution in [0, 0.1) is 10.8 Å². The fraction of sp³-hybridized carbons (Fsp3) is 0.652. The quantitative estimate of drug-likeness (QED) is 0.174. The molecule has 0 aliphatic rings. The van der Waals surface area contributed by atoms with Crippen LogP contribution in [-0.2, 0) is 22.4 Å². The Kier molecular flexibility index (Phi) is 9.00. The first-order chi connectivity index (χ1) is 13.8. The summed E-state index contributed by atoms with van der Waals surface area (Å²) in [6.45, 7) is 6.74. The number of phenols is 3. The Morgan fingerprint density at radius 1 is 0.700 bits per heavy atom. The van der Waals surface area contributed by atoms with E-state index in [4.69, 9.17) is 0 Å². The third-order valence-corrected chi connectivity index (χ3v) is 5.84. The topological polar surface area (TPSA) is 135 Å². The largest absolute Gasteiger partial charge is 0.508 e. The van der Waals surface area contributed by atoms with Crippen LogP contribution in [0.5, 0.6) is 17.2 Å². The maximum absolute atomic E-state index is 11.2. The second-order valence-electron chi connectivity index (χ2n) is 9.37. The Labute approximate surface area is 178 Å². The number of unbranched alkanes of at least 4 members (excludes halogenated alkanes) is 3. The molecule has 170 valence electrons. The smallest absolute Gasteiger partial charge is 0.309 e. The van der Waals surface area contributed by atoms with Gasteiger partial charge in [-0.3, -0.25) is 9.59 Å². The molecule has 1 rings (SSSR count). The third-order valence-electron chi connectivity index (χ3n) is 5.84. The highest BCUT2D eigenvalue weighted by Gasteiger charge is 2.27. The van der Waals surface area contributed by atoms with Crippen LogP contribution in [0.25, 0.3) is 0 Å². The normalized spacial score (nSPS) is 12.1. The second-order valence-corrected chi connectivity index (χ2v) is 9.37. The monoisotopic (exact) mass is 424 g/mol. The van der Waals surface area contributed by atoms with Crippen molar-refractivity contribution in [1.82, 2.24) is 0 Å². The molecule has 0 saturated carbocycles. The molecule has 7 nitrogen and oxygen atoms in total. The molecule has 1 aromatic rings. The summed E-state index contributed by atoms with van der Waals surface area (Å²) >= 11 is 0. The van der Waals surface area contributed by atoms with Crippen molar-refractivity contribution in [2.45, 2.75) is 85.5 Å². The van der Waals surface area contributed by atoms with E-state index in [1.54, 1.807) is 27.7 Å². The molecule has 0 saturated heterocycles. The van der Waals surface area contributed by atoms with E-state index in [2.05, 4.69) is 0 Å². The number of phenolic OH excluding ortho intramolecular Hbond substituents is 3. The molecule has 30 heavy (non-hydrogen) atoms. The van der Waals surface area contributed by atoms with E-state index < -0.39 is 22.8 Å². The van der Waals surface area contributed by atoms with Gasteiger partial charge in [0.1, 0.15) is 5.75 Å². The standard InChI is InChI=1S/C23H36O7/c1-22(2,20(27)28)12-8-5-6-11-16-15(17(24)14-18(25)19(16)26)10-7-9-13-23(3,4)21(29)30/h14,24-26H,5-13H2,1-4H3,(H,27,28)(H,29,30). The summed E-state index contributed by atoms with van der Waals surface area (Å²) in [5.41, 5.74) is -0.516. The highest BCUT2D eigenvalue weighted by Crippen LogP contribution is 2.39. The first-order valence-corrected chi connectivity index (χ1v) is 10.5. The molecule has 0 spiro atoms. The van der Waals surface area contributed by atoms with Crippen LogP contribution >= 0.6 is 0 Å². The first kappa shape index (κ1) is 25.6. The number of carbonyl (C=O) groups is 2. The van der Waals surface area contributed by atoms with Crippen LogP contribution in [-0.4, -0.2) is 37.5 Å². The van der Waals surface area contributed by atoms with Crippen LogP contribution in [0.1, 0.15) is 83.8 Å². The van der Waals surface area contributed by atoms with Crippen LogP contribution in [0.2, 0.25) is 0 Å². The molecule has 0 unspecified atom stereocenters. The van der Waals surface area contributed by atoms with Gasteiger partial charge in [-0.25, -0.2) is 0 Å². The van der Waals surface area contributed by atoms with Crippen LogP contribution in [0.4, 0.5) is 0 Å². The lowest BCUT2D eigenvalue weighted by Crippen LogP contribution is -2.23. The summed E-state index contributed by atoms with van der Waals surface area (Å²) in [7, 11) is 0. The highest BCUT2D eigenvalue weighted by molar-refractivity contribution is 5.73. The Bertz CT molecular complexity index is 750. The summed E-state index contributed by atoms with van der Waals surface area (Å²) in [5, 5.41) is 48.8. The first-order valence-electron chi connectivity index (χ1n) is 10.5. The van der Waals surface area contributed by atoms with Gasteiger partial charge in [-0.1, -0.05) is 19.3 Å². The van der Waals surface area contributed by atoms with E-state index in [9.17, 15) is 35.1 Å². The zero-order chi connectivity index (χ0) is 23.1. The number of hydrogen-bond donors (Lipinski definition) is 5. The van der Waals surface area contributed by atoms with Gasteiger partial charge in [-0.15, -0.1) is 0 Å². The zero-order valence-corrected chi connectivity index (χ0v) is 18.5. The van der Waals surface area contributed by atoms with Crippen molar-refractivity contribution in [3.8, 4) is 17.2 Å². The lowest BCUT2D eigenvalue weighted by molar-refractivity contribution is -0.148. The number of carboxylic acid groups (broad SMARTS) is 2. The number of aromatic hydroxyl groups is 3. The predicted molar refractivity (Wildman–Crippen MR) is 114 cm³/mol. The van der Waals surface area contributed by atoms with Gasteiger partial charge in [-0.05, 0) is 66.2 Å². The molecule has 0 amide bonds. The molecule has 0 heterocycles. The molecule has 7 heteroatoms. The second kappa shape index (κ2) is 10.5. The molecule has 0 aliphatic heterocycles. The van der Waals surface area contributed by atoms with Crippen molar-refractivity contribution in [2.75, 3.05) is 0 Å². The SMILES string of the molecule is CC(C)(CCCCCc1c(O)c(O)cc(O)c1CCCCC(C)(C)C(=O)O)C(=O)O. The molecule has 0 fully saturated rings. The molecule has 0 aromatic heterocycles. The molecular weight excluding hydrogens is 388 g/mol. The summed E-state index contributed by atoms with van der Waals surface area (Å²) in [5.74, 6) is -2.36. The summed E-state index contributed by atoms with van der Waals surface area (Å²) in [6.07, 6.45) is 5.45. The maximum atomic E-state index is 11.2. The van der Waals surface area contributed by atoms with Crippen LogP contribution in [0.15, 0.2) is 6.07 Å². The van der Waals surface area contributed by atoms with Gasteiger partial charge in [0.05, 0.1) is 10.8 Å². The van der Waals surface area contributed by atoms with Gasteiger partial charge in [0, 0.05) is 17.2 Å². The van der Waals surface area contributed by atoms with Gasteiger partial charge in [0.2, 0.25) is 0 Å². The number of hydrogen-bond acceptors (Lipinski definition) is 5. The van der Waals surface area contributed by atoms with E-state index in [-0.39, 0.29) is 17.2 Å². The third kappa shape index (κ3) is 7.11. The minimum Gasteiger partial charge on any atom is -0.508 e. The summed E-state index contributed by atoms with van der Waals surface area (Å²) in [6, 6.07) is 1.13. The lowest BCUT2D eigenvalue weighted by atomic mass is 9.86. The molecule has 1 aromatic carbocycles. The van der Waals surface area contributed by atoms with Crippen molar-refractivity contribution < 1.29 is 35.1 Å². The highest BCUT2D eigenvalue weighted by atomic mass is 16.4. The fourth-order valence-corrected chi connectivity index (χ4v) is 3.41. The number of carboxylic acids is 2. The molecular formula is C23H36O7. The number of benzene rings is 1. The molecule has 5 N–H and O–H groups in total. The van der Waals surface area contributed by atoms with Crippen molar-refractivity contribution in [1.29, 1.82) is 0 Å². The van der Waals surface area contributed by atoms with E-state index in [0.717, 1.165) is 18.9 Å². The molecule has 0 radical (unpaired) electrons. The average molecular weight is 425 g/mol. The molecule has 0 bridgehead atoms. The maximum Gasteiger partial charge on any atom is 0.309 e. The van der Waals surface area contributed by atoms with Gasteiger partial charge in [0.15, 0.2) is 11.5 Å². The lowest BCUT2D eigenvalue weighted by Gasteiger charge is -2.20. The van der Waals surface area contributed by atoms with E-state index in [1.165, 1.54) is 0 Å². The Balaban J connectivity index is 2.72. The van der Waals surface area contributed by atoms with Crippen molar-refractivity contribution in [3.05, 3.63) is 17.2 Å². The minimum atomic E-state index is -0.848. The Hall–Kier alpha value is -2.44. The van der Waals surface area contributed by atoms with Crippen molar-refractivity contribution >= 4 is 11.9 Å². The fourth-order valence-electron chi connectivity index (χ4n) is 3.41. The molecule has 0 aliphatic carbocycles. The average Bonchev–Trinajstić information content (AvgIpc) is 2.63. The van der Waals surface area contributed by atoms with Gasteiger partial charge in [-0.2, -0.15) is 0 Å². The van der Waals surface area contributed by atoms with Gasteiger partial charge < -0.3 is 25.5 Å². The Morgan fingerprint density at radius 3 is 1.63 bits per heavy atom. The number of aliphatic carboxylic acids is 2. The van der Waals surface area contributed by atoms with Crippen LogP contribution < -0.4 is 0 Å². The minimum absolute atomic E-state index is 0.0789. The van der Waals surface area contributed by atoms with Crippen LogP contribution in [0.3, 0.4) is 0 Å². The van der Waals surface area contributed by atoms with E-state index >= 15 is 0 Å². The number of rotatable bonds is 13. The Morgan fingerprint density at radius 2 is 1.13 bits per heavy atom. The van der Waals surface area contributed by atoms with E-state index in [0.29, 0.717) is 56.1 Å². The molecule has 0 atom stereocenters. The summed E-state index contributed by atoms with van der Waals surface area (Å²) in [4.78, 5) is 22.4.